The fraction of sp³-hybridized carbons (Fsp3) is 0.800. The van der Waals surface area contributed by atoms with Gasteiger partial charge in [0.05, 0.1) is 0 Å². The van der Waals surface area contributed by atoms with Gasteiger partial charge in [0.15, 0.2) is 0 Å². The van der Waals surface area contributed by atoms with E-state index in [1.54, 1.807) is 0 Å². The Bertz CT molecular complexity index is 620. The van der Waals surface area contributed by atoms with E-state index in [0.29, 0.717) is 17.8 Å². The molecule has 1 aliphatic heterocycles. The van der Waals surface area contributed by atoms with Crippen LogP contribution in [0, 0.1) is 28.1 Å². The second kappa shape index (κ2) is 4.49. The van der Waals surface area contributed by atoms with Crippen LogP contribution < -0.4 is 0 Å². The van der Waals surface area contributed by atoms with Gasteiger partial charge in [0.1, 0.15) is 17.3 Å². The summed E-state index contributed by atoms with van der Waals surface area (Å²) >= 11 is 0. The Morgan fingerprint density at radius 3 is 2.65 bits per heavy atom. The van der Waals surface area contributed by atoms with Gasteiger partial charge in [0.25, 0.3) is 0 Å². The normalized spacial score (nSPS) is 51.7. The summed E-state index contributed by atoms with van der Waals surface area (Å²) in [4.78, 5) is 25.1. The molecule has 0 amide bonds. The average molecular weight is 316 g/mol. The van der Waals surface area contributed by atoms with Gasteiger partial charge in [0, 0.05) is 12.3 Å². The number of fused-ring (bicyclic) bond motifs is 2. The SMILES string of the molecule is CCC1(C)CCC2C(=CC3OC(=O)C4(C)C(=O)CCC2(C)C34)C1. The summed E-state index contributed by atoms with van der Waals surface area (Å²) in [5.74, 6) is 0.365. The minimum atomic E-state index is -0.912. The van der Waals surface area contributed by atoms with Gasteiger partial charge in [0.2, 0.25) is 0 Å². The van der Waals surface area contributed by atoms with Crippen LogP contribution in [0.4, 0.5) is 0 Å². The van der Waals surface area contributed by atoms with Crippen molar-refractivity contribution in [2.24, 2.45) is 28.1 Å². The van der Waals surface area contributed by atoms with E-state index in [2.05, 4.69) is 26.8 Å². The Morgan fingerprint density at radius 2 is 1.96 bits per heavy atom. The van der Waals surface area contributed by atoms with E-state index in [4.69, 9.17) is 4.74 Å². The predicted molar refractivity (Wildman–Crippen MR) is 87.6 cm³/mol. The number of hydrogen-bond acceptors (Lipinski definition) is 3. The molecule has 0 spiro atoms. The quantitative estimate of drug-likeness (QED) is 0.416. The Labute approximate surface area is 138 Å². The minimum absolute atomic E-state index is 0.0264. The molecule has 3 aliphatic carbocycles. The molecule has 6 unspecified atom stereocenters. The standard InChI is InChI=1S/C20H28O3/c1-5-18(2)8-6-13-12(11-18)10-14-16-19(13,3)9-7-15(21)20(16,4)17(22)23-14/h10,13-14,16H,5-9,11H2,1-4H3. The van der Waals surface area contributed by atoms with Crippen molar-refractivity contribution in [3.63, 3.8) is 0 Å². The maximum atomic E-state index is 12.6. The van der Waals surface area contributed by atoms with E-state index < -0.39 is 5.41 Å². The van der Waals surface area contributed by atoms with E-state index >= 15 is 0 Å². The predicted octanol–water partition coefficient (Wildman–Crippen LogP) is 4.06. The molecule has 0 aromatic carbocycles. The monoisotopic (exact) mass is 316 g/mol. The summed E-state index contributed by atoms with van der Waals surface area (Å²) in [7, 11) is 0. The van der Waals surface area contributed by atoms with Gasteiger partial charge in [-0.15, -0.1) is 0 Å². The average Bonchev–Trinajstić information content (AvgIpc) is 2.77. The fourth-order valence-corrected chi connectivity index (χ4v) is 6.23. The lowest BCUT2D eigenvalue weighted by molar-refractivity contribution is -0.155. The van der Waals surface area contributed by atoms with Gasteiger partial charge < -0.3 is 4.74 Å². The third-order valence-electron chi connectivity index (χ3n) is 7.94. The van der Waals surface area contributed by atoms with Crippen LogP contribution in [-0.4, -0.2) is 17.9 Å². The number of esters is 1. The molecule has 1 saturated heterocycles. The zero-order valence-corrected chi connectivity index (χ0v) is 14.8. The summed E-state index contributed by atoms with van der Waals surface area (Å²) < 4.78 is 5.73. The topological polar surface area (TPSA) is 43.4 Å². The molecule has 4 aliphatic rings. The van der Waals surface area contributed by atoms with E-state index in [1.807, 2.05) is 6.92 Å². The number of carbonyl (C=O) groups is 2. The molecular formula is C20H28O3. The molecular weight excluding hydrogens is 288 g/mol. The molecule has 4 rings (SSSR count). The molecule has 3 heteroatoms. The van der Waals surface area contributed by atoms with Crippen LogP contribution >= 0.6 is 0 Å². The smallest absolute Gasteiger partial charge is 0.320 e. The van der Waals surface area contributed by atoms with E-state index in [9.17, 15) is 9.59 Å². The van der Waals surface area contributed by atoms with Crippen molar-refractivity contribution in [2.75, 3.05) is 0 Å². The fourth-order valence-electron chi connectivity index (χ4n) is 6.23. The van der Waals surface area contributed by atoms with Gasteiger partial charge >= 0.3 is 5.97 Å². The van der Waals surface area contributed by atoms with Crippen LogP contribution in [0.15, 0.2) is 11.6 Å². The molecule has 6 atom stereocenters. The number of hydrogen-bond donors (Lipinski definition) is 0. The second-order valence-electron chi connectivity index (χ2n) is 9.15. The number of Topliss-reactive ketones (excluding diaryl/α,β-unsaturated/α-hetero) is 1. The molecule has 2 saturated carbocycles. The van der Waals surface area contributed by atoms with Crippen LogP contribution in [0.2, 0.25) is 0 Å². The lowest BCUT2D eigenvalue weighted by Gasteiger charge is -2.56. The molecule has 23 heavy (non-hydrogen) atoms. The summed E-state index contributed by atoms with van der Waals surface area (Å²) in [6.07, 6.45) is 8.22. The molecule has 0 N–H and O–H groups in total. The first-order valence-corrected chi connectivity index (χ1v) is 9.19. The largest absolute Gasteiger partial charge is 0.457 e. The number of rotatable bonds is 1. The van der Waals surface area contributed by atoms with E-state index in [-0.39, 0.29) is 29.2 Å². The van der Waals surface area contributed by atoms with Crippen LogP contribution in [0.3, 0.4) is 0 Å². The van der Waals surface area contributed by atoms with Crippen LogP contribution in [-0.2, 0) is 14.3 Å². The summed E-state index contributed by atoms with van der Waals surface area (Å²) in [6, 6.07) is 0. The maximum absolute atomic E-state index is 12.6. The van der Waals surface area contributed by atoms with Crippen LogP contribution in [0.5, 0.6) is 0 Å². The molecule has 0 aromatic rings. The molecule has 0 bridgehead atoms. The molecule has 126 valence electrons. The summed E-state index contributed by atoms with van der Waals surface area (Å²) in [6.45, 7) is 8.83. The highest BCUT2D eigenvalue weighted by molar-refractivity contribution is 6.06. The summed E-state index contributed by atoms with van der Waals surface area (Å²) in [5.41, 5.74) is 0.988. The van der Waals surface area contributed by atoms with Crippen molar-refractivity contribution in [3.05, 3.63) is 11.6 Å². The van der Waals surface area contributed by atoms with E-state index in [0.717, 1.165) is 12.8 Å². The van der Waals surface area contributed by atoms with Crippen molar-refractivity contribution in [1.29, 1.82) is 0 Å². The molecule has 0 radical (unpaired) electrons. The first-order chi connectivity index (χ1) is 10.7. The van der Waals surface area contributed by atoms with Gasteiger partial charge in [-0.05, 0) is 55.4 Å². The van der Waals surface area contributed by atoms with Crippen LogP contribution in [0.1, 0.15) is 66.2 Å². The zero-order valence-electron chi connectivity index (χ0n) is 14.8. The number of allylic oxidation sites excluding steroid dienone is 1. The number of ether oxygens (including phenoxy) is 1. The van der Waals surface area contributed by atoms with Crippen molar-refractivity contribution in [3.8, 4) is 0 Å². The van der Waals surface area contributed by atoms with Gasteiger partial charge in [-0.2, -0.15) is 0 Å². The van der Waals surface area contributed by atoms with Crippen molar-refractivity contribution in [1.82, 2.24) is 0 Å². The highest BCUT2D eigenvalue weighted by Gasteiger charge is 2.69. The zero-order chi connectivity index (χ0) is 16.6. The number of carbonyl (C=O) groups excluding carboxylic acids is 2. The first kappa shape index (κ1) is 15.4. The van der Waals surface area contributed by atoms with Gasteiger partial charge in [-0.25, -0.2) is 0 Å². The maximum Gasteiger partial charge on any atom is 0.320 e. The summed E-state index contributed by atoms with van der Waals surface area (Å²) in [5, 5.41) is 0. The minimum Gasteiger partial charge on any atom is -0.457 e. The Morgan fingerprint density at radius 1 is 1.22 bits per heavy atom. The third-order valence-corrected chi connectivity index (χ3v) is 7.94. The third kappa shape index (κ3) is 1.77. The highest BCUT2D eigenvalue weighted by Crippen LogP contribution is 2.65. The van der Waals surface area contributed by atoms with Crippen molar-refractivity contribution in [2.45, 2.75) is 72.3 Å². The highest BCUT2D eigenvalue weighted by atomic mass is 16.6. The second-order valence-corrected chi connectivity index (χ2v) is 9.15. The molecule has 3 fully saturated rings. The van der Waals surface area contributed by atoms with Crippen molar-refractivity contribution >= 4 is 11.8 Å². The van der Waals surface area contributed by atoms with E-state index in [1.165, 1.54) is 24.8 Å². The van der Waals surface area contributed by atoms with Gasteiger partial charge in [-0.3, -0.25) is 9.59 Å². The molecule has 1 heterocycles. The molecule has 3 nitrogen and oxygen atoms in total. The van der Waals surface area contributed by atoms with Crippen molar-refractivity contribution < 1.29 is 14.3 Å². The Balaban J connectivity index is 1.81. The Hall–Kier alpha value is -1.12. The molecule has 0 aromatic heterocycles. The lowest BCUT2D eigenvalue weighted by Crippen LogP contribution is -2.57. The first-order valence-electron chi connectivity index (χ1n) is 9.19. The lowest BCUT2D eigenvalue weighted by atomic mass is 9.45. The van der Waals surface area contributed by atoms with Crippen LogP contribution in [0.25, 0.3) is 0 Å². The number of ketones is 1. The Kier molecular flexibility index (Phi) is 3.01. The van der Waals surface area contributed by atoms with Gasteiger partial charge in [-0.1, -0.05) is 32.8 Å².